The van der Waals surface area contributed by atoms with E-state index in [0.29, 0.717) is 5.89 Å². The Labute approximate surface area is 83.7 Å². The minimum Gasteiger partial charge on any atom is -0.444 e. The highest BCUT2D eigenvalue weighted by Gasteiger charge is 2.15. The molecule has 78 valence electrons. The standard InChI is InChI=1S/C10H16N2O2/c1-6(2)9(13)12-8(4)10-11-5-7(3)14-10/h5-6,8H,1-4H3,(H,12,13). The number of aromatic nitrogens is 1. The minimum absolute atomic E-state index is 0.00773. The molecule has 0 saturated carbocycles. The Hall–Kier alpha value is -1.32. The molecule has 0 saturated heterocycles. The SMILES string of the molecule is Cc1cnc(C(C)NC(=O)C(C)C)o1. The van der Waals surface area contributed by atoms with E-state index in [2.05, 4.69) is 10.3 Å². The highest BCUT2D eigenvalue weighted by Crippen LogP contribution is 2.12. The molecule has 0 aliphatic carbocycles. The van der Waals surface area contributed by atoms with Crippen LogP contribution in [0.2, 0.25) is 0 Å². The summed E-state index contributed by atoms with van der Waals surface area (Å²) < 4.78 is 5.30. The molecule has 0 bridgehead atoms. The van der Waals surface area contributed by atoms with Gasteiger partial charge < -0.3 is 9.73 Å². The summed E-state index contributed by atoms with van der Waals surface area (Å²) in [6.07, 6.45) is 1.65. The molecule has 1 aromatic rings. The number of nitrogens with zero attached hydrogens (tertiary/aromatic N) is 1. The van der Waals surface area contributed by atoms with Crippen molar-refractivity contribution >= 4 is 5.91 Å². The molecule has 0 spiro atoms. The second kappa shape index (κ2) is 4.26. The van der Waals surface area contributed by atoms with Crippen molar-refractivity contribution in [2.24, 2.45) is 5.92 Å². The first-order chi connectivity index (χ1) is 6.50. The summed E-state index contributed by atoms with van der Waals surface area (Å²) in [6.45, 7) is 7.38. The molecule has 4 heteroatoms. The molecule has 1 atom stereocenters. The van der Waals surface area contributed by atoms with Gasteiger partial charge in [-0.05, 0) is 13.8 Å². The molecule has 1 rings (SSSR count). The van der Waals surface area contributed by atoms with Crippen molar-refractivity contribution in [1.29, 1.82) is 0 Å². The maximum absolute atomic E-state index is 11.4. The third kappa shape index (κ3) is 2.58. The fourth-order valence-electron chi connectivity index (χ4n) is 1.01. The van der Waals surface area contributed by atoms with E-state index in [1.807, 2.05) is 27.7 Å². The Balaban J connectivity index is 2.59. The molecular weight excluding hydrogens is 180 g/mol. The molecule has 0 aromatic carbocycles. The van der Waals surface area contributed by atoms with Gasteiger partial charge in [-0.1, -0.05) is 13.8 Å². The lowest BCUT2D eigenvalue weighted by atomic mass is 10.2. The number of oxazole rings is 1. The number of carbonyl (C=O) groups is 1. The minimum atomic E-state index is -0.168. The largest absolute Gasteiger partial charge is 0.444 e. The van der Waals surface area contributed by atoms with Crippen molar-refractivity contribution < 1.29 is 9.21 Å². The molecule has 1 heterocycles. The van der Waals surface area contributed by atoms with Crippen LogP contribution in [-0.2, 0) is 4.79 Å². The molecule has 0 aliphatic rings. The van der Waals surface area contributed by atoms with Gasteiger partial charge in [-0.3, -0.25) is 4.79 Å². The fourth-order valence-corrected chi connectivity index (χ4v) is 1.01. The van der Waals surface area contributed by atoms with Gasteiger partial charge in [-0.15, -0.1) is 0 Å². The number of hydrogen-bond acceptors (Lipinski definition) is 3. The van der Waals surface area contributed by atoms with Crippen LogP contribution in [0.3, 0.4) is 0 Å². The Morgan fingerprint density at radius 3 is 2.57 bits per heavy atom. The molecule has 0 aliphatic heterocycles. The average molecular weight is 196 g/mol. The zero-order valence-electron chi connectivity index (χ0n) is 9.00. The van der Waals surface area contributed by atoms with Crippen molar-refractivity contribution in [2.75, 3.05) is 0 Å². The predicted octanol–water partition coefficient (Wildman–Crippen LogP) is 1.82. The van der Waals surface area contributed by atoms with Crippen LogP contribution in [0.25, 0.3) is 0 Å². The molecule has 4 nitrogen and oxygen atoms in total. The monoisotopic (exact) mass is 196 g/mol. The zero-order chi connectivity index (χ0) is 10.7. The fraction of sp³-hybridized carbons (Fsp3) is 0.600. The first kappa shape index (κ1) is 10.8. The van der Waals surface area contributed by atoms with Crippen molar-refractivity contribution in [3.05, 3.63) is 17.8 Å². The quantitative estimate of drug-likeness (QED) is 0.802. The van der Waals surface area contributed by atoms with Crippen LogP contribution in [0.5, 0.6) is 0 Å². The van der Waals surface area contributed by atoms with Crippen LogP contribution in [-0.4, -0.2) is 10.9 Å². The Morgan fingerprint density at radius 2 is 2.14 bits per heavy atom. The molecule has 1 amide bonds. The van der Waals surface area contributed by atoms with Gasteiger partial charge >= 0.3 is 0 Å². The second-order valence-electron chi connectivity index (χ2n) is 3.69. The van der Waals surface area contributed by atoms with Crippen LogP contribution in [0, 0.1) is 12.8 Å². The molecule has 1 aromatic heterocycles. The van der Waals surface area contributed by atoms with Gasteiger partial charge in [0, 0.05) is 5.92 Å². The predicted molar refractivity (Wildman–Crippen MR) is 52.6 cm³/mol. The van der Waals surface area contributed by atoms with E-state index in [-0.39, 0.29) is 17.9 Å². The number of nitrogens with one attached hydrogen (secondary N) is 1. The number of aryl methyl sites for hydroxylation is 1. The lowest BCUT2D eigenvalue weighted by Crippen LogP contribution is -2.30. The summed E-state index contributed by atoms with van der Waals surface area (Å²) in [7, 11) is 0. The van der Waals surface area contributed by atoms with E-state index in [4.69, 9.17) is 4.42 Å². The van der Waals surface area contributed by atoms with Gasteiger partial charge in [-0.25, -0.2) is 4.98 Å². The van der Waals surface area contributed by atoms with Crippen molar-refractivity contribution in [3.63, 3.8) is 0 Å². The van der Waals surface area contributed by atoms with Crippen LogP contribution in [0.1, 0.15) is 38.5 Å². The maximum atomic E-state index is 11.4. The van der Waals surface area contributed by atoms with Gasteiger partial charge in [0.2, 0.25) is 11.8 Å². The van der Waals surface area contributed by atoms with Gasteiger partial charge in [0.25, 0.3) is 0 Å². The maximum Gasteiger partial charge on any atom is 0.223 e. The molecule has 0 fully saturated rings. The summed E-state index contributed by atoms with van der Waals surface area (Å²) in [5.41, 5.74) is 0. The van der Waals surface area contributed by atoms with Gasteiger partial charge in [0.15, 0.2) is 0 Å². The van der Waals surface area contributed by atoms with Crippen LogP contribution in [0.15, 0.2) is 10.6 Å². The van der Waals surface area contributed by atoms with Gasteiger partial charge in [-0.2, -0.15) is 0 Å². The summed E-state index contributed by atoms with van der Waals surface area (Å²) >= 11 is 0. The van der Waals surface area contributed by atoms with Crippen LogP contribution < -0.4 is 5.32 Å². The molecular formula is C10H16N2O2. The molecule has 1 unspecified atom stereocenters. The number of carbonyl (C=O) groups excluding carboxylic acids is 1. The van der Waals surface area contributed by atoms with Crippen molar-refractivity contribution in [1.82, 2.24) is 10.3 Å². The Bertz CT molecular complexity index is 318. The molecule has 1 N–H and O–H groups in total. The van der Waals surface area contributed by atoms with Crippen molar-refractivity contribution in [2.45, 2.75) is 33.7 Å². The van der Waals surface area contributed by atoms with Crippen molar-refractivity contribution in [3.8, 4) is 0 Å². The third-order valence-corrected chi connectivity index (χ3v) is 1.89. The third-order valence-electron chi connectivity index (χ3n) is 1.89. The normalized spacial score (nSPS) is 12.9. The summed E-state index contributed by atoms with van der Waals surface area (Å²) in [6, 6.07) is -0.168. The van der Waals surface area contributed by atoms with Gasteiger partial charge in [0.05, 0.1) is 6.20 Å². The smallest absolute Gasteiger partial charge is 0.223 e. The topological polar surface area (TPSA) is 55.1 Å². The summed E-state index contributed by atoms with van der Waals surface area (Å²) in [4.78, 5) is 15.4. The summed E-state index contributed by atoms with van der Waals surface area (Å²) in [5, 5.41) is 2.81. The van der Waals surface area contributed by atoms with Crippen LogP contribution in [0.4, 0.5) is 0 Å². The average Bonchev–Trinajstić information content (AvgIpc) is 2.51. The number of amides is 1. The lowest BCUT2D eigenvalue weighted by Gasteiger charge is -2.11. The van der Waals surface area contributed by atoms with Gasteiger partial charge in [0.1, 0.15) is 11.8 Å². The van der Waals surface area contributed by atoms with E-state index in [1.54, 1.807) is 6.20 Å². The molecule has 0 radical (unpaired) electrons. The first-order valence-electron chi connectivity index (χ1n) is 4.73. The number of rotatable bonds is 3. The van der Waals surface area contributed by atoms with E-state index in [9.17, 15) is 4.79 Å². The van der Waals surface area contributed by atoms with E-state index in [1.165, 1.54) is 0 Å². The highest BCUT2D eigenvalue weighted by atomic mass is 16.4. The van der Waals surface area contributed by atoms with E-state index in [0.717, 1.165) is 5.76 Å². The first-order valence-corrected chi connectivity index (χ1v) is 4.73. The van der Waals surface area contributed by atoms with E-state index >= 15 is 0 Å². The highest BCUT2D eigenvalue weighted by molar-refractivity contribution is 5.78. The zero-order valence-corrected chi connectivity index (χ0v) is 9.00. The Morgan fingerprint density at radius 1 is 1.50 bits per heavy atom. The Kier molecular flexibility index (Phi) is 3.28. The lowest BCUT2D eigenvalue weighted by molar-refractivity contribution is -0.124. The second-order valence-corrected chi connectivity index (χ2v) is 3.69. The summed E-state index contributed by atoms with van der Waals surface area (Å²) in [5.74, 6) is 1.30. The molecule has 14 heavy (non-hydrogen) atoms. The van der Waals surface area contributed by atoms with E-state index < -0.39 is 0 Å². The van der Waals surface area contributed by atoms with Crippen LogP contribution >= 0.6 is 0 Å². The number of hydrogen-bond donors (Lipinski definition) is 1.